The van der Waals surface area contributed by atoms with Gasteiger partial charge in [-0.3, -0.25) is 9.69 Å². The second-order valence-electron chi connectivity index (χ2n) is 7.36. The Bertz CT molecular complexity index is 907. The van der Waals surface area contributed by atoms with Crippen molar-refractivity contribution >= 4 is 23.6 Å². The molecule has 0 spiro atoms. The molecule has 0 saturated heterocycles. The fourth-order valence-corrected chi connectivity index (χ4v) is 3.38. The van der Waals surface area contributed by atoms with Crippen molar-refractivity contribution in [2.75, 3.05) is 18.5 Å². The second kappa shape index (κ2) is 10.2. The molecule has 1 unspecified atom stereocenters. The maximum Gasteiger partial charge on any atom is 0.330 e. The van der Waals surface area contributed by atoms with E-state index >= 15 is 0 Å². The first kappa shape index (κ1) is 21.7. The van der Waals surface area contributed by atoms with Gasteiger partial charge in [0.25, 0.3) is 0 Å². The van der Waals surface area contributed by atoms with Crippen molar-refractivity contribution in [1.29, 1.82) is 0 Å². The summed E-state index contributed by atoms with van der Waals surface area (Å²) in [5.74, 6) is -0.776. The zero-order chi connectivity index (χ0) is 21.5. The number of carbonyl (C=O) groups excluding carboxylic acids is 2. The number of rotatable bonds is 9. The van der Waals surface area contributed by atoms with Gasteiger partial charge in [-0.05, 0) is 56.5 Å². The molecule has 3 rings (SSSR count). The largest absolute Gasteiger partial charge is 0.463 e. The highest BCUT2D eigenvalue weighted by Gasteiger charge is 2.34. The topological polar surface area (TPSA) is 58.6 Å². The Kier molecular flexibility index (Phi) is 7.36. The summed E-state index contributed by atoms with van der Waals surface area (Å²) in [5, 5.41) is 2.90. The number of amides is 1. The highest BCUT2D eigenvalue weighted by Crippen LogP contribution is 2.34. The van der Waals surface area contributed by atoms with Gasteiger partial charge in [0.05, 0.1) is 13.2 Å². The lowest BCUT2D eigenvalue weighted by atomic mass is 10.1. The van der Waals surface area contributed by atoms with Gasteiger partial charge >= 0.3 is 5.97 Å². The molecular weight excluding hydrogens is 383 g/mol. The van der Waals surface area contributed by atoms with Gasteiger partial charge in [-0.15, -0.1) is 0 Å². The molecule has 1 aliphatic carbocycles. The third-order valence-electron chi connectivity index (χ3n) is 5.09. The number of nitrogens with zero attached hydrogens (tertiary/aromatic N) is 1. The molecule has 0 bridgehead atoms. The van der Waals surface area contributed by atoms with E-state index in [0.717, 1.165) is 18.4 Å². The minimum Gasteiger partial charge on any atom is -0.463 e. The molecule has 2 aromatic carbocycles. The van der Waals surface area contributed by atoms with Crippen molar-refractivity contribution in [3.63, 3.8) is 0 Å². The molecule has 0 aromatic heterocycles. The minimum atomic E-state index is -0.390. The Morgan fingerprint density at radius 3 is 2.53 bits per heavy atom. The monoisotopic (exact) mass is 410 g/mol. The molecule has 1 amide bonds. The number of esters is 1. The smallest absolute Gasteiger partial charge is 0.330 e. The molecular formula is C24H27FN2O3. The SMILES string of the molecule is CCOC(=O)C=Cc1ccc(NC(=O)CN(C2CC2)C(C)c2ccccc2F)cc1. The third-order valence-corrected chi connectivity index (χ3v) is 5.09. The van der Waals surface area contributed by atoms with Crippen molar-refractivity contribution < 1.29 is 18.7 Å². The van der Waals surface area contributed by atoms with E-state index in [9.17, 15) is 14.0 Å². The summed E-state index contributed by atoms with van der Waals surface area (Å²) < 4.78 is 19.0. The molecule has 1 N–H and O–H groups in total. The number of hydrogen-bond acceptors (Lipinski definition) is 4. The predicted octanol–water partition coefficient (Wildman–Crippen LogP) is 4.57. The van der Waals surface area contributed by atoms with Gasteiger partial charge < -0.3 is 10.1 Å². The van der Waals surface area contributed by atoms with Crippen LogP contribution < -0.4 is 5.32 Å². The highest BCUT2D eigenvalue weighted by molar-refractivity contribution is 5.92. The van der Waals surface area contributed by atoms with Gasteiger partial charge in [0.15, 0.2) is 0 Å². The second-order valence-corrected chi connectivity index (χ2v) is 7.36. The van der Waals surface area contributed by atoms with Gasteiger partial charge in [-0.25, -0.2) is 9.18 Å². The number of anilines is 1. The first-order valence-electron chi connectivity index (χ1n) is 10.2. The number of halogens is 1. The number of carbonyl (C=O) groups is 2. The third kappa shape index (κ3) is 6.00. The molecule has 30 heavy (non-hydrogen) atoms. The molecule has 2 aromatic rings. The van der Waals surface area contributed by atoms with Crippen molar-refractivity contribution in [1.82, 2.24) is 4.90 Å². The zero-order valence-corrected chi connectivity index (χ0v) is 17.3. The average molecular weight is 410 g/mol. The van der Waals surface area contributed by atoms with E-state index in [1.807, 2.05) is 25.1 Å². The van der Waals surface area contributed by atoms with Crippen molar-refractivity contribution in [3.05, 3.63) is 71.6 Å². The maximum absolute atomic E-state index is 14.2. The summed E-state index contributed by atoms with van der Waals surface area (Å²) >= 11 is 0. The van der Waals surface area contributed by atoms with E-state index in [-0.39, 0.29) is 30.3 Å². The van der Waals surface area contributed by atoms with Crippen LogP contribution in [-0.4, -0.2) is 36.0 Å². The van der Waals surface area contributed by atoms with E-state index < -0.39 is 0 Å². The van der Waals surface area contributed by atoms with Crippen LogP contribution in [0.5, 0.6) is 0 Å². The molecule has 6 heteroatoms. The molecule has 0 heterocycles. The predicted molar refractivity (Wildman–Crippen MR) is 115 cm³/mol. The average Bonchev–Trinajstić information content (AvgIpc) is 3.57. The van der Waals surface area contributed by atoms with Crippen molar-refractivity contribution in [2.24, 2.45) is 0 Å². The Labute approximate surface area is 176 Å². The van der Waals surface area contributed by atoms with Crippen molar-refractivity contribution in [2.45, 2.75) is 38.8 Å². The normalized spacial score (nSPS) is 14.7. The molecule has 0 radical (unpaired) electrons. The standard InChI is InChI=1S/C24H27FN2O3/c1-3-30-24(29)15-10-18-8-11-19(12-9-18)26-23(28)16-27(20-13-14-20)17(2)21-6-4-5-7-22(21)25/h4-12,15,17,20H,3,13-14,16H2,1-2H3,(H,26,28). The molecule has 1 fully saturated rings. The molecule has 5 nitrogen and oxygen atoms in total. The molecule has 1 aliphatic rings. The van der Waals surface area contributed by atoms with Crippen molar-refractivity contribution in [3.8, 4) is 0 Å². The lowest BCUT2D eigenvalue weighted by Crippen LogP contribution is -2.37. The van der Waals surface area contributed by atoms with Gasteiger partial charge in [-0.1, -0.05) is 30.3 Å². The van der Waals surface area contributed by atoms with Crippen LogP contribution in [0.1, 0.15) is 43.9 Å². The van der Waals surface area contributed by atoms with Crippen LogP contribution in [0.4, 0.5) is 10.1 Å². The van der Waals surface area contributed by atoms with Gasteiger partial charge in [0, 0.05) is 29.4 Å². The van der Waals surface area contributed by atoms with Gasteiger partial charge in [0.2, 0.25) is 5.91 Å². The van der Waals surface area contributed by atoms with E-state index in [1.165, 1.54) is 12.1 Å². The van der Waals surface area contributed by atoms with Crippen LogP contribution in [0.15, 0.2) is 54.6 Å². The van der Waals surface area contributed by atoms with Crippen LogP contribution in [0.2, 0.25) is 0 Å². The number of hydrogen-bond donors (Lipinski definition) is 1. The van der Waals surface area contributed by atoms with E-state index in [2.05, 4.69) is 10.2 Å². The lowest BCUT2D eigenvalue weighted by molar-refractivity contribution is -0.137. The van der Waals surface area contributed by atoms with Gasteiger partial charge in [0.1, 0.15) is 5.82 Å². The van der Waals surface area contributed by atoms with Crippen LogP contribution in [0, 0.1) is 5.82 Å². The first-order valence-corrected chi connectivity index (χ1v) is 10.2. The van der Waals surface area contributed by atoms with Gasteiger partial charge in [-0.2, -0.15) is 0 Å². The summed E-state index contributed by atoms with van der Waals surface area (Å²) in [7, 11) is 0. The summed E-state index contributed by atoms with van der Waals surface area (Å²) in [6.45, 7) is 4.23. The summed E-state index contributed by atoms with van der Waals surface area (Å²) in [6.07, 6.45) is 5.07. The van der Waals surface area contributed by atoms with Crippen LogP contribution in [-0.2, 0) is 14.3 Å². The van der Waals surface area contributed by atoms with Crippen LogP contribution in [0.25, 0.3) is 6.08 Å². The molecule has 1 saturated carbocycles. The Balaban J connectivity index is 1.59. The fraction of sp³-hybridized carbons (Fsp3) is 0.333. The maximum atomic E-state index is 14.2. The quantitative estimate of drug-likeness (QED) is 0.486. The van der Waals surface area contributed by atoms with Crippen LogP contribution in [0.3, 0.4) is 0 Å². The number of benzene rings is 2. The molecule has 1 atom stereocenters. The highest BCUT2D eigenvalue weighted by atomic mass is 19.1. The van der Waals surface area contributed by atoms with Crippen LogP contribution >= 0.6 is 0 Å². The molecule has 158 valence electrons. The Hall–Kier alpha value is -2.99. The van der Waals surface area contributed by atoms with E-state index in [4.69, 9.17) is 4.74 Å². The fourth-order valence-electron chi connectivity index (χ4n) is 3.38. The van der Waals surface area contributed by atoms with E-state index in [0.29, 0.717) is 23.9 Å². The lowest BCUT2D eigenvalue weighted by Gasteiger charge is -2.29. The number of nitrogens with one attached hydrogen (secondary N) is 1. The molecule has 0 aliphatic heterocycles. The zero-order valence-electron chi connectivity index (χ0n) is 17.3. The Morgan fingerprint density at radius 2 is 1.90 bits per heavy atom. The number of ether oxygens (including phenoxy) is 1. The first-order chi connectivity index (χ1) is 14.5. The van der Waals surface area contributed by atoms with E-state index in [1.54, 1.807) is 37.3 Å². The minimum absolute atomic E-state index is 0.139. The Morgan fingerprint density at radius 1 is 1.20 bits per heavy atom. The summed E-state index contributed by atoms with van der Waals surface area (Å²) in [4.78, 5) is 26.1. The summed E-state index contributed by atoms with van der Waals surface area (Å²) in [5.41, 5.74) is 2.10. The summed E-state index contributed by atoms with van der Waals surface area (Å²) in [6, 6.07) is 14.0.